The average molecular weight is 715 g/mol. The average Bonchev–Trinajstić information content (AvgIpc) is 2.43. The molecule has 0 aliphatic carbocycles. The normalized spacial score (nSPS) is 54.7. The first-order chi connectivity index (χ1) is 10.4. The maximum atomic E-state index is 16.1. The SMILES string of the molecule is CCC1(C)[CH]([U])C(C)(S)C(N)(O)C(C)(F)N(C(C)C)C(I)C1(C)P. The summed E-state index contributed by atoms with van der Waals surface area (Å²) in [5.74, 6) is -2.11. The van der Waals surface area contributed by atoms with Crippen molar-refractivity contribution in [3.8, 4) is 0 Å². The molecule has 3 N–H and O–H groups in total. The van der Waals surface area contributed by atoms with Crippen molar-refractivity contribution < 1.29 is 38.9 Å². The van der Waals surface area contributed by atoms with Crippen molar-refractivity contribution in [2.75, 3.05) is 0 Å². The van der Waals surface area contributed by atoms with Gasteiger partial charge in [-0.2, -0.15) is 0 Å². The van der Waals surface area contributed by atoms with Crippen LogP contribution in [-0.4, -0.2) is 41.5 Å². The zero-order valence-electron chi connectivity index (χ0n) is 15.7. The predicted octanol–water partition coefficient (Wildman–Crippen LogP) is 3.88. The Labute approximate surface area is 187 Å². The molecule has 1 aliphatic heterocycles. The number of hydrogen-bond donors (Lipinski definition) is 3. The van der Waals surface area contributed by atoms with Gasteiger partial charge in [-0.05, 0) is 0 Å². The van der Waals surface area contributed by atoms with Crippen molar-refractivity contribution >= 4 is 44.5 Å². The Hall–Kier alpha value is 2.37. The molecule has 1 heterocycles. The van der Waals surface area contributed by atoms with Crippen molar-refractivity contribution in [2.24, 2.45) is 11.1 Å². The molecule has 1 saturated heterocycles. The first-order valence-corrected chi connectivity index (χ1v) is 13.0. The number of nitrogens with zero attached hydrogens (tertiary/aromatic N) is 1. The molecule has 3 nitrogen and oxygen atoms in total. The van der Waals surface area contributed by atoms with Gasteiger partial charge in [0.2, 0.25) is 0 Å². The van der Waals surface area contributed by atoms with E-state index in [1.54, 1.807) is 11.8 Å². The van der Waals surface area contributed by atoms with Gasteiger partial charge in [-0.15, -0.1) is 0 Å². The summed E-state index contributed by atoms with van der Waals surface area (Å²) in [6.07, 6.45) is 0.912. The molecule has 0 aromatic carbocycles. The Bertz CT molecular complexity index is 493. The molecule has 24 heavy (non-hydrogen) atoms. The topological polar surface area (TPSA) is 49.5 Å². The molecular weight excluding hydrogens is 683 g/mol. The predicted molar refractivity (Wildman–Crippen MR) is 111 cm³/mol. The minimum absolute atomic E-state index is 0.0410. The molecule has 0 aromatic rings. The molecule has 8 unspecified atom stereocenters. The summed E-state index contributed by atoms with van der Waals surface area (Å²) in [4.78, 5) is 1.72. The number of halogens is 2. The molecule has 1 rings (SSSR count). The van der Waals surface area contributed by atoms with Crippen LogP contribution in [-0.2, 0) is 0 Å². The van der Waals surface area contributed by atoms with Crippen molar-refractivity contribution in [1.82, 2.24) is 4.90 Å². The van der Waals surface area contributed by atoms with Crippen LogP contribution in [0.25, 0.3) is 0 Å². The van der Waals surface area contributed by atoms with E-state index in [2.05, 4.69) is 52.6 Å². The molecule has 0 saturated carbocycles. The molecular formula is C16H32FIN2OPSU. The van der Waals surface area contributed by atoms with E-state index in [1.807, 2.05) is 13.8 Å². The second-order valence-electron chi connectivity index (χ2n) is 8.19. The van der Waals surface area contributed by atoms with Crippen LogP contribution in [0.4, 0.5) is 4.39 Å². The molecule has 0 amide bonds. The Kier molecular flexibility index (Phi) is 7.45. The van der Waals surface area contributed by atoms with E-state index in [-0.39, 0.29) is 23.6 Å². The van der Waals surface area contributed by atoms with Gasteiger partial charge in [0.25, 0.3) is 0 Å². The van der Waals surface area contributed by atoms with E-state index in [0.717, 1.165) is 6.42 Å². The maximum absolute atomic E-state index is 16.1. The van der Waals surface area contributed by atoms with Crippen LogP contribution in [0.5, 0.6) is 0 Å². The first-order valence-electron chi connectivity index (χ1n) is 8.29. The Balaban J connectivity index is 3.84. The van der Waals surface area contributed by atoms with Gasteiger partial charge >= 0.3 is 189 Å². The molecule has 8 atom stereocenters. The Morgan fingerprint density at radius 2 is 1.79 bits per heavy atom. The van der Waals surface area contributed by atoms with Crippen molar-refractivity contribution in [2.45, 2.75) is 89.3 Å². The number of alkyl halides is 2. The molecule has 141 valence electrons. The van der Waals surface area contributed by atoms with E-state index in [0.29, 0.717) is 29.4 Å². The second-order valence-corrected chi connectivity index (χ2v) is 13.9. The van der Waals surface area contributed by atoms with E-state index < -0.39 is 16.3 Å². The van der Waals surface area contributed by atoms with Crippen LogP contribution in [0.3, 0.4) is 0 Å². The number of hydrogen-bond acceptors (Lipinski definition) is 4. The summed E-state index contributed by atoms with van der Waals surface area (Å²) in [6, 6.07) is -0.115. The molecule has 0 bridgehead atoms. The molecule has 1 fully saturated rings. The van der Waals surface area contributed by atoms with Gasteiger partial charge in [0.1, 0.15) is 0 Å². The van der Waals surface area contributed by atoms with E-state index in [4.69, 9.17) is 18.4 Å². The Morgan fingerprint density at radius 1 is 1.38 bits per heavy atom. The third-order valence-electron chi connectivity index (χ3n) is 6.41. The van der Waals surface area contributed by atoms with Crippen LogP contribution < -0.4 is 5.73 Å². The second kappa shape index (κ2) is 7.32. The van der Waals surface area contributed by atoms with Crippen LogP contribution >= 0.6 is 44.5 Å². The van der Waals surface area contributed by atoms with Gasteiger partial charge < -0.3 is 0 Å². The third-order valence-corrected chi connectivity index (χ3v) is 16.6. The standard InChI is InChI=1S/C16H32FIN2OPS.U/c1-8-12(4)9-13(5,23)16(19,21)15(7,17)20(10(2)3)11(18)14(12,6)22;/h9-11,21,23H,8,19,22H2,1-7H3;. The summed E-state index contributed by atoms with van der Waals surface area (Å²) in [5, 5.41) is 11.0. The quantitative estimate of drug-likeness (QED) is 0.102. The van der Waals surface area contributed by atoms with Crippen molar-refractivity contribution in [1.29, 1.82) is 0 Å². The van der Waals surface area contributed by atoms with E-state index >= 15 is 4.39 Å². The molecule has 0 spiro atoms. The van der Waals surface area contributed by atoms with Crippen LogP contribution in [0.15, 0.2) is 0 Å². The summed E-state index contributed by atoms with van der Waals surface area (Å²) < 4.78 is 15.0. The summed E-state index contributed by atoms with van der Waals surface area (Å²) in [6.45, 7) is 13.7. The van der Waals surface area contributed by atoms with E-state index in [9.17, 15) is 5.11 Å². The van der Waals surface area contributed by atoms with Gasteiger partial charge in [0.15, 0.2) is 0 Å². The summed E-state index contributed by atoms with van der Waals surface area (Å²) >= 11 is 7.61. The number of nitrogens with two attached hydrogens (primary N) is 1. The van der Waals surface area contributed by atoms with Gasteiger partial charge in [0, 0.05) is 0 Å². The number of rotatable bonds is 2. The fourth-order valence-corrected chi connectivity index (χ4v) is 10.6. The van der Waals surface area contributed by atoms with Crippen LogP contribution in [0.2, 0.25) is 2.95 Å². The van der Waals surface area contributed by atoms with Gasteiger partial charge in [0.05, 0.1) is 0 Å². The van der Waals surface area contributed by atoms with Crippen molar-refractivity contribution in [3.63, 3.8) is 0 Å². The summed E-state index contributed by atoms with van der Waals surface area (Å²) in [5.41, 5.74) is 4.10. The first kappa shape index (κ1) is 24.4. The zero-order chi connectivity index (χ0) is 19.5. The molecule has 0 radical (unpaired) electrons. The number of thiol groups is 1. The van der Waals surface area contributed by atoms with Crippen LogP contribution in [0, 0.1) is 34.8 Å². The monoisotopic (exact) mass is 715 g/mol. The van der Waals surface area contributed by atoms with Gasteiger partial charge in [-0.3, -0.25) is 0 Å². The fraction of sp³-hybridized carbons (Fsp3) is 1.00. The number of likely N-dealkylation sites (tertiary alicyclic amines) is 1. The Morgan fingerprint density at radius 3 is 2.12 bits per heavy atom. The fourth-order valence-electron chi connectivity index (χ4n) is 3.92. The zero-order valence-corrected chi connectivity index (χ0v) is 24.1. The van der Waals surface area contributed by atoms with Crippen molar-refractivity contribution in [3.05, 3.63) is 0 Å². The van der Waals surface area contributed by atoms with Gasteiger partial charge in [-0.1, -0.05) is 0 Å². The minimum atomic E-state index is -2.11. The van der Waals surface area contributed by atoms with Crippen LogP contribution in [0.1, 0.15) is 54.9 Å². The third kappa shape index (κ3) is 3.21. The summed E-state index contributed by atoms with van der Waals surface area (Å²) in [7, 11) is 3.00. The number of aliphatic hydroxyl groups is 1. The molecule has 1 aliphatic rings. The van der Waals surface area contributed by atoms with E-state index in [1.165, 1.54) is 6.92 Å². The molecule has 0 aromatic heterocycles. The van der Waals surface area contributed by atoms with Gasteiger partial charge in [-0.25, -0.2) is 0 Å². The molecule has 8 heteroatoms.